The summed E-state index contributed by atoms with van der Waals surface area (Å²) in [6.45, 7) is 9.89. The number of carbonyl (C=O) groups excluding carboxylic acids is 1. The van der Waals surface area contributed by atoms with Gasteiger partial charge in [-0.1, -0.05) is 0 Å². The molecule has 2 atom stereocenters. The highest BCUT2D eigenvalue weighted by atomic mass is 16.5. The van der Waals surface area contributed by atoms with Gasteiger partial charge in [-0.15, -0.1) is 0 Å². The predicted octanol–water partition coefficient (Wildman–Crippen LogP) is 3.32. The van der Waals surface area contributed by atoms with E-state index in [9.17, 15) is 4.79 Å². The number of benzene rings is 2. The Bertz CT molecular complexity index is 960. The van der Waals surface area contributed by atoms with Gasteiger partial charge in [0, 0.05) is 56.3 Å². The van der Waals surface area contributed by atoms with E-state index in [1.165, 1.54) is 0 Å². The van der Waals surface area contributed by atoms with Crippen LogP contribution in [0, 0.1) is 11.3 Å². The topological polar surface area (TPSA) is 71.8 Å². The van der Waals surface area contributed by atoms with Crippen molar-refractivity contribution in [1.29, 1.82) is 5.26 Å². The van der Waals surface area contributed by atoms with E-state index >= 15 is 0 Å². The van der Waals surface area contributed by atoms with E-state index in [2.05, 4.69) is 52.1 Å². The summed E-state index contributed by atoms with van der Waals surface area (Å²) in [6.07, 6.45) is 1.43. The van der Waals surface area contributed by atoms with Crippen LogP contribution in [0.3, 0.4) is 0 Å². The molecule has 7 heteroatoms. The molecule has 0 saturated carbocycles. The number of hydrogen-bond acceptors (Lipinski definition) is 6. The van der Waals surface area contributed by atoms with Crippen LogP contribution >= 0.6 is 0 Å². The number of amides is 1. The SMILES string of the molecule is CC1CN(c2ccc(NC(=O)CN3CCCN(c4ccc(C#N)cc4)CC3)cc2)CC(C)O1. The molecule has 0 aliphatic carbocycles. The third-order valence-electron chi connectivity index (χ3n) is 6.25. The summed E-state index contributed by atoms with van der Waals surface area (Å²) in [4.78, 5) is 19.5. The van der Waals surface area contributed by atoms with Crippen LogP contribution in [0.15, 0.2) is 48.5 Å². The summed E-state index contributed by atoms with van der Waals surface area (Å²) < 4.78 is 5.82. The molecule has 2 saturated heterocycles. The van der Waals surface area contributed by atoms with Gasteiger partial charge in [-0.05, 0) is 68.8 Å². The van der Waals surface area contributed by atoms with Crippen molar-refractivity contribution in [2.24, 2.45) is 0 Å². The molecule has 174 valence electrons. The molecule has 2 heterocycles. The highest BCUT2D eigenvalue weighted by Crippen LogP contribution is 2.22. The van der Waals surface area contributed by atoms with Gasteiger partial charge in [-0.3, -0.25) is 9.69 Å². The largest absolute Gasteiger partial charge is 0.372 e. The minimum absolute atomic E-state index is 0.0168. The quantitative estimate of drug-likeness (QED) is 0.758. The first-order valence-corrected chi connectivity index (χ1v) is 11.8. The normalized spacial score (nSPS) is 21.8. The second-order valence-corrected chi connectivity index (χ2v) is 9.03. The third-order valence-corrected chi connectivity index (χ3v) is 6.25. The molecule has 0 spiro atoms. The highest BCUT2D eigenvalue weighted by Gasteiger charge is 2.22. The third kappa shape index (κ3) is 6.25. The lowest BCUT2D eigenvalue weighted by molar-refractivity contribution is -0.117. The van der Waals surface area contributed by atoms with Gasteiger partial charge in [0.2, 0.25) is 5.91 Å². The fourth-order valence-corrected chi connectivity index (χ4v) is 4.68. The average Bonchev–Trinajstić information content (AvgIpc) is 3.04. The zero-order valence-corrected chi connectivity index (χ0v) is 19.5. The molecule has 7 nitrogen and oxygen atoms in total. The zero-order chi connectivity index (χ0) is 23.2. The lowest BCUT2D eigenvalue weighted by Gasteiger charge is -2.36. The van der Waals surface area contributed by atoms with Gasteiger partial charge in [0.15, 0.2) is 0 Å². The molecule has 2 unspecified atom stereocenters. The van der Waals surface area contributed by atoms with Crippen molar-refractivity contribution in [3.05, 3.63) is 54.1 Å². The van der Waals surface area contributed by atoms with Gasteiger partial charge in [-0.2, -0.15) is 5.26 Å². The number of anilines is 3. The molecule has 2 aliphatic rings. The van der Waals surface area contributed by atoms with Gasteiger partial charge in [0.25, 0.3) is 0 Å². The van der Waals surface area contributed by atoms with Crippen molar-refractivity contribution >= 4 is 23.0 Å². The van der Waals surface area contributed by atoms with Gasteiger partial charge in [-0.25, -0.2) is 0 Å². The number of rotatable bonds is 5. The van der Waals surface area contributed by atoms with Crippen molar-refractivity contribution in [2.75, 3.05) is 60.9 Å². The summed E-state index contributed by atoms with van der Waals surface area (Å²) in [5.74, 6) is 0.0168. The summed E-state index contributed by atoms with van der Waals surface area (Å²) >= 11 is 0. The Kier molecular flexibility index (Phi) is 7.48. The number of nitriles is 1. The Balaban J connectivity index is 1.26. The first kappa shape index (κ1) is 23.1. The summed E-state index contributed by atoms with van der Waals surface area (Å²) in [6, 6.07) is 18.0. The fourth-order valence-electron chi connectivity index (χ4n) is 4.68. The Morgan fingerprint density at radius 2 is 1.58 bits per heavy atom. The van der Waals surface area contributed by atoms with Gasteiger partial charge in [0.05, 0.1) is 30.4 Å². The molecular weight excluding hydrogens is 414 g/mol. The molecule has 0 bridgehead atoms. The number of nitrogens with zero attached hydrogens (tertiary/aromatic N) is 4. The van der Waals surface area contributed by atoms with E-state index in [4.69, 9.17) is 10.00 Å². The Morgan fingerprint density at radius 3 is 2.24 bits per heavy atom. The number of morpholine rings is 1. The molecule has 33 heavy (non-hydrogen) atoms. The van der Waals surface area contributed by atoms with Crippen LogP contribution in [0.5, 0.6) is 0 Å². The van der Waals surface area contributed by atoms with Crippen molar-refractivity contribution in [3.63, 3.8) is 0 Å². The summed E-state index contributed by atoms with van der Waals surface area (Å²) in [5, 5.41) is 12.0. The first-order valence-electron chi connectivity index (χ1n) is 11.8. The van der Waals surface area contributed by atoms with Crippen molar-refractivity contribution in [1.82, 2.24) is 4.90 Å². The molecule has 2 aliphatic heterocycles. The fraction of sp³-hybridized carbons (Fsp3) is 0.462. The van der Waals surface area contributed by atoms with Crippen LogP contribution in [0.25, 0.3) is 0 Å². The van der Waals surface area contributed by atoms with Crippen LogP contribution < -0.4 is 15.1 Å². The Labute approximate surface area is 196 Å². The van der Waals surface area contributed by atoms with E-state index in [1.807, 2.05) is 36.4 Å². The number of nitrogens with one attached hydrogen (secondary N) is 1. The molecule has 4 rings (SSSR count). The van der Waals surface area contributed by atoms with Crippen LogP contribution in [0.4, 0.5) is 17.1 Å². The van der Waals surface area contributed by atoms with Crippen molar-refractivity contribution < 1.29 is 9.53 Å². The molecule has 1 N–H and O–H groups in total. The Morgan fingerprint density at radius 1 is 0.939 bits per heavy atom. The number of hydrogen-bond donors (Lipinski definition) is 1. The van der Waals surface area contributed by atoms with Gasteiger partial charge >= 0.3 is 0 Å². The monoisotopic (exact) mass is 447 g/mol. The van der Waals surface area contributed by atoms with E-state index in [-0.39, 0.29) is 18.1 Å². The zero-order valence-electron chi connectivity index (χ0n) is 19.5. The standard InChI is InChI=1S/C26H33N5O2/c1-20-17-31(18-21(2)33-20)25-10-6-23(7-11-25)28-26(32)19-29-12-3-13-30(15-14-29)24-8-4-22(16-27)5-9-24/h4-11,20-21H,3,12-15,17-19H2,1-2H3,(H,28,32). The average molecular weight is 448 g/mol. The number of carbonyl (C=O) groups is 1. The maximum absolute atomic E-state index is 12.7. The minimum atomic E-state index is 0.0168. The number of ether oxygens (including phenoxy) is 1. The molecule has 2 aromatic carbocycles. The van der Waals surface area contributed by atoms with E-state index in [0.717, 1.165) is 62.8 Å². The Hall–Kier alpha value is -3.08. The maximum atomic E-state index is 12.7. The summed E-state index contributed by atoms with van der Waals surface area (Å²) in [5.41, 5.74) is 3.79. The first-order chi connectivity index (χ1) is 16.0. The van der Waals surface area contributed by atoms with Crippen LogP contribution in [-0.2, 0) is 9.53 Å². The second kappa shape index (κ2) is 10.7. The van der Waals surface area contributed by atoms with E-state index in [0.29, 0.717) is 12.1 Å². The second-order valence-electron chi connectivity index (χ2n) is 9.03. The lowest BCUT2D eigenvalue weighted by atomic mass is 10.2. The molecule has 2 fully saturated rings. The van der Waals surface area contributed by atoms with E-state index in [1.54, 1.807) is 0 Å². The van der Waals surface area contributed by atoms with Crippen molar-refractivity contribution in [2.45, 2.75) is 32.5 Å². The molecule has 1 amide bonds. The smallest absolute Gasteiger partial charge is 0.238 e. The lowest BCUT2D eigenvalue weighted by Crippen LogP contribution is -2.45. The molecule has 0 aromatic heterocycles. The highest BCUT2D eigenvalue weighted by molar-refractivity contribution is 5.92. The van der Waals surface area contributed by atoms with Gasteiger partial charge < -0.3 is 19.9 Å². The van der Waals surface area contributed by atoms with Crippen LogP contribution in [-0.4, -0.2) is 68.8 Å². The van der Waals surface area contributed by atoms with Crippen molar-refractivity contribution in [3.8, 4) is 6.07 Å². The van der Waals surface area contributed by atoms with Crippen LogP contribution in [0.1, 0.15) is 25.8 Å². The predicted molar refractivity (Wildman–Crippen MR) is 132 cm³/mol. The molecule has 2 aromatic rings. The maximum Gasteiger partial charge on any atom is 0.238 e. The molecule has 0 radical (unpaired) electrons. The van der Waals surface area contributed by atoms with Gasteiger partial charge in [0.1, 0.15) is 0 Å². The van der Waals surface area contributed by atoms with E-state index < -0.39 is 0 Å². The van der Waals surface area contributed by atoms with Crippen LogP contribution in [0.2, 0.25) is 0 Å². The molecular formula is C26H33N5O2. The summed E-state index contributed by atoms with van der Waals surface area (Å²) in [7, 11) is 0. The minimum Gasteiger partial charge on any atom is -0.372 e.